The van der Waals surface area contributed by atoms with E-state index >= 15 is 0 Å². The average molecular weight is 790 g/mol. The predicted octanol–water partition coefficient (Wildman–Crippen LogP) is 13.8. The molecule has 326 valence electrons. The Balaban J connectivity index is 4.32. The van der Waals surface area contributed by atoms with Crippen LogP contribution in [0.2, 0.25) is 0 Å². The van der Waals surface area contributed by atoms with Gasteiger partial charge >= 0.3 is 0 Å². The SMILES string of the molecule is CCCCCCCCCCCCCCCCOCC(C)(COCCCCCCCCCCCCCCCC)COP(=O)([O-])OCCCCCC[N+](C)(C)C. The maximum atomic E-state index is 12.6. The number of quaternary nitrogens is 1. The summed E-state index contributed by atoms with van der Waals surface area (Å²) in [5, 5.41) is 0. The number of hydrogen-bond donors (Lipinski definition) is 0. The minimum atomic E-state index is -4.39. The summed E-state index contributed by atoms with van der Waals surface area (Å²) in [6.45, 7) is 10.1. The Labute approximate surface area is 338 Å². The average Bonchev–Trinajstić information content (AvgIpc) is 3.13. The minimum Gasteiger partial charge on any atom is -0.756 e. The first-order valence-corrected chi connectivity index (χ1v) is 25.1. The Kier molecular flexibility index (Phi) is 38.5. The highest BCUT2D eigenvalue weighted by Crippen LogP contribution is 2.40. The third-order valence-electron chi connectivity index (χ3n) is 10.7. The summed E-state index contributed by atoms with van der Waals surface area (Å²) in [6, 6.07) is 0. The lowest BCUT2D eigenvalue weighted by Crippen LogP contribution is -2.35. The second kappa shape index (κ2) is 38.5. The maximum absolute atomic E-state index is 12.6. The number of nitrogens with zero attached hydrogens (tertiary/aromatic N) is 1. The molecule has 0 aromatic rings. The van der Waals surface area contributed by atoms with Crippen LogP contribution in [0.4, 0.5) is 0 Å². The molecule has 0 heterocycles. The maximum Gasteiger partial charge on any atom is 0.267 e. The van der Waals surface area contributed by atoms with Crippen molar-refractivity contribution in [3.05, 3.63) is 0 Å². The van der Waals surface area contributed by atoms with Crippen LogP contribution < -0.4 is 4.89 Å². The molecule has 7 nitrogen and oxygen atoms in total. The lowest BCUT2D eigenvalue weighted by molar-refractivity contribution is -0.870. The minimum absolute atomic E-state index is 0.00869. The predicted molar refractivity (Wildman–Crippen MR) is 231 cm³/mol. The first-order chi connectivity index (χ1) is 26.0. The van der Waals surface area contributed by atoms with Crippen LogP contribution in [0.5, 0.6) is 0 Å². The first kappa shape index (κ1) is 54.0. The number of unbranched alkanes of at least 4 members (excludes halogenated alkanes) is 29. The summed E-state index contributed by atoms with van der Waals surface area (Å²) in [7, 11) is 2.19. The molecule has 0 aliphatic heterocycles. The molecule has 1 atom stereocenters. The number of phosphoric acid groups is 1. The number of ether oxygens (including phenoxy) is 2. The second-order valence-corrected chi connectivity index (χ2v) is 19.5. The summed E-state index contributed by atoms with van der Waals surface area (Å²) >= 11 is 0. The molecule has 1 unspecified atom stereocenters. The fraction of sp³-hybridized carbons (Fsp3) is 1.00. The Hall–Kier alpha value is -0.0100. The van der Waals surface area contributed by atoms with E-state index in [1.165, 1.54) is 167 Å². The van der Waals surface area contributed by atoms with Gasteiger partial charge < -0.3 is 27.9 Å². The van der Waals surface area contributed by atoms with Crippen molar-refractivity contribution in [3.8, 4) is 0 Å². The van der Waals surface area contributed by atoms with Crippen LogP contribution in [0.1, 0.15) is 226 Å². The largest absolute Gasteiger partial charge is 0.756 e. The van der Waals surface area contributed by atoms with Gasteiger partial charge in [0, 0.05) is 18.6 Å². The van der Waals surface area contributed by atoms with Gasteiger partial charge in [-0.3, -0.25) is 4.57 Å². The zero-order chi connectivity index (χ0) is 39.9. The molecule has 0 N–H and O–H groups in total. The van der Waals surface area contributed by atoms with E-state index < -0.39 is 13.2 Å². The van der Waals surface area contributed by atoms with Crippen molar-refractivity contribution in [2.24, 2.45) is 5.41 Å². The Morgan fingerprint density at radius 2 is 0.722 bits per heavy atom. The van der Waals surface area contributed by atoms with Gasteiger partial charge in [-0.15, -0.1) is 0 Å². The molecular weight excluding hydrogens is 693 g/mol. The Morgan fingerprint density at radius 1 is 0.426 bits per heavy atom. The zero-order valence-corrected chi connectivity index (χ0v) is 38.3. The van der Waals surface area contributed by atoms with Crippen LogP contribution >= 0.6 is 7.82 Å². The van der Waals surface area contributed by atoms with Crippen LogP contribution in [-0.2, 0) is 23.1 Å². The number of hydrogen-bond acceptors (Lipinski definition) is 6. The Bertz CT molecular complexity index is 771. The smallest absolute Gasteiger partial charge is 0.267 e. The lowest BCUT2D eigenvalue weighted by Gasteiger charge is -2.32. The quantitative estimate of drug-likeness (QED) is 0.0347. The second-order valence-electron chi connectivity index (χ2n) is 18.1. The molecule has 0 fully saturated rings. The molecular formula is C46H96NO6P. The molecule has 8 heteroatoms. The highest BCUT2D eigenvalue weighted by Gasteiger charge is 2.28. The van der Waals surface area contributed by atoms with E-state index in [-0.39, 0.29) is 13.2 Å². The van der Waals surface area contributed by atoms with Crippen LogP contribution in [-0.4, -0.2) is 71.8 Å². The summed E-state index contributed by atoms with van der Waals surface area (Å²) in [5.41, 5.74) is -0.555. The molecule has 0 aliphatic carbocycles. The van der Waals surface area contributed by atoms with Gasteiger partial charge in [0.25, 0.3) is 7.82 Å². The summed E-state index contributed by atoms with van der Waals surface area (Å²) in [5.74, 6) is 0. The van der Waals surface area contributed by atoms with Gasteiger partial charge in [0.15, 0.2) is 0 Å². The van der Waals surface area contributed by atoms with E-state index in [1.807, 2.05) is 6.92 Å². The van der Waals surface area contributed by atoms with Crippen LogP contribution in [0.25, 0.3) is 0 Å². The highest BCUT2D eigenvalue weighted by molar-refractivity contribution is 7.45. The molecule has 0 bridgehead atoms. The van der Waals surface area contributed by atoms with Crippen molar-refractivity contribution in [3.63, 3.8) is 0 Å². The fourth-order valence-electron chi connectivity index (χ4n) is 7.05. The molecule has 0 spiro atoms. The van der Waals surface area contributed by atoms with Crippen LogP contribution in [0, 0.1) is 5.41 Å². The molecule has 0 aliphatic rings. The third-order valence-corrected chi connectivity index (χ3v) is 11.7. The van der Waals surface area contributed by atoms with E-state index in [1.54, 1.807) is 0 Å². The van der Waals surface area contributed by atoms with Gasteiger partial charge in [-0.05, 0) is 32.1 Å². The topological polar surface area (TPSA) is 77.1 Å². The van der Waals surface area contributed by atoms with Crippen molar-refractivity contribution < 1.29 is 32.5 Å². The van der Waals surface area contributed by atoms with Crippen molar-refractivity contribution >= 4 is 7.82 Å². The molecule has 0 amide bonds. The van der Waals surface area contributed by atoms with E-state index in [2.05, 4.69) is 35.0 Å². The van der Waals surface area contributed by atoms with E-state index in [0.29, 0.717) is 32.8 Å². The van der Waals surface area contributed by atoms with Gasteiger partial charge in [-0.25, -0.2) is 0 Å². The molecule has 0 radical (unpaired) electrons. The number of phosphoric ester groups is 1. The van der Waals surface area contributed by atoms with Crippen molar-refractivity contribution in [1.29, 1.82) is 0 Å². The van der Waals surface area contributed by atoms with Gasteiger partial charge in [0.2, 0.25) is 0 Å². The van der Waals surface area contributed by atoms with E-state index in [4.69, 9.17) is 18.5 Å². The molecule has 0 saturated carbocycles. The highest BCUT2D eigenvalue weighted by atomic mass is 31.2. The summed E-state index contributed by atoms with van der Waals surface area (Å²) < 4.78 is 36.5. The molecule has 0 saturated heterocycles. The number of rotatable bonds is 45. The Morgan fingerprint density at radius 3 is 1.06 bits per heavy atom. The van der Waals surface area contributed by atoms with Crippen LogP contribution in [0.15, 0.2) is 0 Å². The van der Waals surface area contributed by atoms with E-state index in [9.17, 15) is 9.46 Å². The normalized spacial score (nSPS) is 13.5. The molecule has 0 aromatic heterocycles. The zero-order valence-electron chi connectivity index (χ0n) is 37.4. The molecule has 54 heavy (non-hydrogen) atoms. The first-order valence-electron chi connectivity index (χ1n) is 23.6. The van der Waals surface area contributed by atoms with E-state index in [0.717, 1.165) is 43.1 Å². The molecule has 0 rings (SSSR count). The van der Waals surface area contributed by atoms with Gasteiger partial charge in [0.1, 0.15) is 0 Å². The monoisotopic (exact) mass is 790 g/mol. The summed E-state index contributed by atoms with van der Waals surface area (Å²) in [4.78, 5) is 12.6. The molecule has 0 aromatic carbocycles. The van der Waals surface area contributed by atoms with Crippen molar-refractivity contribution in [1.82, 2.24) is 0 Å². The van der Waals surface area contributed by atoms with Crippen molar-refractivity contribution in [2.45, 2.75) is 226 Å². The third kappa shape index (κ3) is 41.6. The summed E-state index contributed by atoms with van der Waals surface area (Å²) in [6.07, 6.45) is 41.2. The van der Waals surface area contributed by atoms with Gasteiger partial charge in [-0.2, -0.15) is 0 Å². The van der Waals surface area contributed by atoms with Gasteiger partial charge in [0.05, 0.1) is 54.1 Å². The van der Waals surface area contributed by atoms with Crippen molar-refractivity contribution in [2.75, 3.05) is 67.3 Å². The van der Waals surface area contributed by atoms with Crippen LogP contribution in [0.3, 0.4) is 0 Å². The lowest BCUT2D eigenvalue weighted by atomic mass is 9.94. The standard InChI is InChI=1S/C46H96NO6P/c1-7-9-11-13-15-17-19-21-23-25-27-29-32-36-40-50-43-46(3,45-53-54(48,49)52-42-38-34-31-35-39-47(4,5)6)44-51-41-37-33-30-28-26-24-22-20-18-16-14-12-10-8-2/h7-45H2,1-6H3. The fourth-order valence-corrected chi connectivity index (χ4v) is 7.95. The van der Waals surface area contributed by atoms with Gasteiger partial charge in [-0.1, -0.05) is 194 Å².